The van der Waals surface area contributed by atoms with Crippen LogP contribution >= 0.6 is 0 Å². The molecule has 4 nitrogen and oxygen atoms in total. The van der Waals surface area contributed by atoms with Crippen LogP contribution in [0, 0.1) is 6.92 Å². The third-order valence-corrected chi connectivity index (χ3v) is 4.13. The molecule has 2 aromatic carbocycles. The van der Waals surface area contributed by atoms with Gasteiger partial charge in [0.1, 0.15) is 6.04 Å². The van der Waals surface area contributed by atoms with Gasteiger partial charge in [-0.2, -0.15) is 0 Å². The Balaban J connectivity index is 1.82. The van der Waals surface area contributed by atoms with Crippen LogP contribution in [-0.2, 0) is 11.3 Å². The summed E-state index contributed by atoms with van der Waals surface area (Å²) in [7, 11) is 0. The highest BCUT2D eigenvalue weighted by molar-refractivity contribution is 5.97. The van der Waals surface area contributed by atoms with Gasteiger partial charge in [-0.05, 0) is 43.7 Å². The van der Waals surface area contributed by atoms with Crippen LogP contribution in [0.3, 0.4) is 0 Å². The number of hydrogen-bond acceptors (Lipinski definition) is 2. The molecule has 1 amide bonds. The fourth-order valence-electron chi connectivity index (χ4n) is 2.94. The average Bonchev–Trinajstić information content (AvgIpc) is 2.89. The van der Waals surface area contributed by atoms with Crippen molar-refractivity contribution in [2.75, 3.05) is 5.32 Å². The number of nitrogens with zero attached hydrogens (tertiary/aromatic N) is 1. The number of aryl methyl sites for hydroxylation is 2. The Morgan fingerprint density at radius 1 is 1.17 bits per heavy atom. The molecule has 118 valence electrons. The molecule has 1 atom stereocenters. The van der Waals surface area contributed by atoms with E-state index in [0.29, 0.717) is 0 Å². The van der Waals surface area contributed by atoms with E-state index in [-0.39, 0.29) is 5.91 Å². The predicted octanol–water partition coefficient (Wildman–Crippen LogP) is 3.61. The lowest BCUT2D eigenvalue weighted by Gasteiger charge is -2.13. The number of amides is 1. The molecule has 0 unspecified atom stereocenters. The highest BCUT2D eigenvalue weighted by Crippen LogP contribution is 2.24. The third-order valence-electron chi connectivity index (χ3n) is 4.13. The summed E-state index contributed by atoms with van der Waals surface area (Å²) in [5.74, 6) is -0.206. The molecule has 0 saturated carbocycles. The van der Waals surface area contributed by atoms with E-state index in [2.05, 4.69) is 29.8 Å². The second kappa shape index (κ2) is 6.26. The number of carbonyl (C=O) groups is 1. The first kappa shape index (κ1) is 15.3. The highest BCUT2D eigenvalue weighted by atomic mass is 16.2. The quantitative estimate of drug-likeness (QED) is 0.773. The molecule has 1 heterocycles. The van der Waals surface area contributed by atoms with E-state index in [1.165, 1.54) is 11.2 Å². The number of nitrogens with two attached hydrogens (primary N) is 1. The lowest BCUT2D eigenvalue weighted by molar-refractivity contribution is -0.117. The van der Waals surface area contributed by atoms with Crippen LogP contribution in [0.1, 0.15) is 24.2 Å². The topological polar surface area (TPSA) is 60.0 Å². The maximum atomic E-state index is 12.3. The van der Waals surface area contributed by atoms with Crippen molar-refractivity contribution < 1.29 is 4.79 Å². The number of benzene rings is 2. The van der Waals surface area contributed by atoms with Crippen LogP contribution in [0.15, 0.2) is 54.6 Å². The normalized spacial score (nSPS) is 12.3. The molecular formula is C19H21N3O. The van der Waals surface area contributed by atoms with Crippen molar-refractivity contribution in [2.24, 2.45) is 5.73 Å². The summed E-state index contributed by atoms with van der Waals surface area (Å²) in [5, 5.41) is 4.03. The van der Waals surface area contributed by atoms with E-state index >= 15 is 0 Å². The van der Waals surface area contributed by atoms with Gasteiger partial charge in [0, 0.05) is 28.8 Å². The Morgan fingerprint density at radius 2 is 1.91 bits per heavy atom. The zero-order valence-corrected chi connectivity index (χ0v) is 13.4. The largest absolute Gasteiger partial charge is 0.345 e. The number of carbonyl (C=O) groups excluding carboxylic acids is 1. The minimum atomic E-state index is -0.672. The Kier molecular flexibility index (Phi) is 4.17. The molecule has 0 saturated heterocycles. The predicted molar refractivity (Wildman–Crippen MR) is 94.3 cm³/mol. The zero-order valence-electron chi connectivity index (χ0n) is 13.4. The van der Waals surface area contributed by atoms with Crippen LogP contribution < -0.4 is 11.1 Å². The molecule has 0 spiro atoms. The van der Waals surface area contributed by atoms with Gasteiger partial charge in [-0.1, -0.05) is 30.3 Å². The van der Waals surface area contributed by atoms with Crippen molar-refractivity contribution in [1.82, 2.24) is 4.57 Å². The van der Waals surface area contributed by atoms with E-state index < -0.39 is 6.04 Å². The monoisotopic (exact) mass is 307 g/mol. The van der Waals surface area contributed by atoms with E-state index in [9.17, 15) is 4.79 Å². The van der Waals surface area contributed by atoms with E-state index in [1.54, 1.807) is 0 Å². The molecule has 0 aliphatic heterocycles. The fourth-order valence-corrected chi connectivity index (χ4v) is 2.94. The Bertz CT molecular complexity index is 836. The summed E-state index contributed by atoms with van der Waals surface area (Å²) in [6, 6.07) is 16.8. The third kappa shape index (κ3) is 2.98. The molecule has 0 aliphatic carbocycles. The first-order valence-electron chi connectivity index (χ1n) is 7.81. The summed E-state index contributed by atoms with van der Waals surface area (Å²) in [6.07, 6.45) is 0. The minimum Gasteiger partial charge on any atom is -0.345 e. The van der Waals surface area contributed by atoms with Crippen LogP contribution in [0.5, 0.6) is 0 Å². The molecule has 0 radical (unpaired) electrons. The van der Waals surface area contributed by atoms with Crippen molar-refractivity contribution in [3.05, 3.63) is 65.9 Å². The van der Waals surface area contributed by atoms with Crippen LogP contribution in [0.4, 0.5) is 5.69 Å². The second-order valence-electron chi connectivity index (χ2n) is 5.68. The standard InChI is InChI=1S/C19H21N3O/c1-3-22-13(2)11-15-12-16(9-10-17(15)22)21-19(23)18(20)14-7-5-4-6-8-14/h4-12,18H,3,20H2,1-2H3,(H,21,23)/t18-/m1/s1. The van der Waals surface area contributed by atoms with Gasteiger partial charge in [0.15, 0.2) is 0 Å². The van der Waals surface area contributed by atoms with Crippen LogP contribution in [-0.4, -0.2) is 10.5 Å². The molecule has 0 bridgehead atoms. The summed E-state index contributed by atoms with van der Waals surface area (Å²) in [4.78, 5) is 12.3. The Labute approximate surface area is 135 Å². The van der Waals surface area contributed by atoms with E-state index in [1.807, 2.05) is 48.5 Å². The van der Waals surface area contributed by atoms with Crippen molar-refractivity contribution >= 4 is 22.5 Å². The number of anilines is 1. The number of fused-ring (bicyclic) bond motifs is 1. The van der Waals surface area contributed by atoms with Gasteiger partial charge in [-0.3, -0.25) is 4.79 Å². The van der Waals surface area contributed by atoms with Crippen molar-refractivity contribution in [3.63, 3.8) is 0 Å². The minimum absolute atomic E-state index is 0.206. The van der Waals surface area contributed by atoms with E-state index in [0.717, 1.165) is 23.2 Å². The van der Waals surface area contributed by atoms with Crippen molar-refractivity contribution in [3.8, 4) is 0 Å². The Morgan fingerprint density at radius 3 is 2.61 bits per heavy atom. The SMILES string of the molecule is CCn1c(C)cc2cc(NC(=O)[C@H](N)c3ccccc3)ccc21. The summed E-state index contributed by atoms with van der Waals surface area (Å²) < 4.78 is 2.25. The summed E-state index contributed by atoms with van der Waals surface area (Å²) in [5.41, 5.74) is 9.99. The first-order chi connectivity index (χ1) is 11.1. The molecular weight excluding hydrogens is 286 g/mol. The second-order valence-corrected chi connectivity index (χ2v) is 5.68. The van der Waals surface area contributed by atoms with Gasteiger partial charge in [-0.15, -0.1) is 0 Å². The molecule has 3 N–H and O–H groups in total. The molecule has 0 aliphatic rings. The van der Waals surface area contributed by atoms with Crippen molar-refractivity contribution in [2.45, 2.75) is 26.4 Å². The molecule has 1 aromatic heterocycles. The van der Waals surface area contributed by atoms with Crippen LogP contribution in [0.25, 0.3) is 10.9 Å². The van der Waals surface area contributed by atoms with Gasteiger partial charge in [0.2, 0.25) is 5.91 Å². The van der Waals surface area contributed by atoms with Gasteiger partial charge in [0.05, 0.1) is 0 Å². The van der Waals surface area contributed by atoms with E-state index in [4.69, 9.17) is 5.73 Å². The lowest BCUT2D eigenvalue weighted by Crippen LogP contribution is -2.27. The number of aromatic nitrogens is 1. The summed E-state index contributed by atoms with van der Waals surface area (Å²) in [6.45, 7) is 5.15. The van der Waals surface area contributed by atoms with Gasteiger partial charge in [-0.25, -0.2) is 0 Å². The van der Waals surface area contributed by atoms with Gasteiger partial charge < -0.3 is 15.6 Å². The smallest absolute Gasteiger partial charge is 0.245 e. The van der Waals surface area contributed by atoms with Gasteiger partial charge >= 0.3 is 0 Å². The number of hydrogen-bond donors (Lipinski definition) is 2. The lowest BCUT2D eigenvalue weighted by atomic mass is 10.1. The maximum Gasteiger partial charge on any atom is 0.245 e. The number of nitrogens with one attached hydrogen (secondary N) is 1. The van der Waals surface area contributed by atoms with Gasteiger partial charge in [0.25, 0.3) is 0 Å². The average molecular weight is 307 g/mol. The molecule has 3 rings (SSSR count). The molecule has 23 heavy (non-hydrogen) atoms. The fraction of sp³-hybridized carbons (Fsp3) is 0.211. The van der Waals surface area contributed by atoms with Crippen LogP contribution in [0.2, 0.25) is 0 Å². The molecule has 0 fully saturated rings. The maximum absolute atomic E-state index is 12.3. The highest BCUT2D eigenvalue weighted by Gasteiger charge is 2.16. The molecule has 4 heteroatoms. The molecule has 3 aromatic rings. The van der Waals surface area contributed by atoms with Crippen molar-refractivity contribution in [1.29, 1.82) is 0 Å². The zero-order chi connectivity index (χ0) is 16.4. The Hall–Kier alpha value is -2.59. The summed E-state index contributed by atoms with van der Waals surface area (Å²) >= 11 is 0. The number of rotatable bonds is 4. The first-order valence-corrected chi connectivity index (χ1v) is 7.81.